The van der Waals surface area contributed by atoms with E-state index in [9.17, 15) is 0 Å². The number of benzene rings is 3. The zero-order chi connectivity index (χ0) is 20.2. The molecule has 0 radical (unpaired) electrons. The number of nitrogens with two attached hydrogens (primary N) is 1. The van der Waals surface area contributed by atoms with Gasteiger partial charge in [0.15, 0.2) is 11.5 Å². The fourth-order valence-corrected chi connectivity index (χ4v) is 3.41. The summed E-state index contributed by atoms with van der Waals surface area (Å²) in [7, 11) is 0. The average Bonchev–Trinajstić information content (AvgIpc) is 3.13. The fourth-order valence-electron chi connectivity index (χ4n) is 2.95. The van der Waals surface area contributed by atoms with E-state index < -0.39 is 0 Å². The Hall–Kier alpha value is -3.09. The number of hydrogen-bond donors (Lipinski definition) is 3. The Labute approximate surface area is 179 Å². The Morgan fingerprint density at radius 1 is 0.897 bits per heavy atom. The number of nitrogens with zero attached hydrogens (tertiary/aromatic N) is 3. The molecule has 0 bridgehead atoms. The van der Waals surface area contributed by atoms with Gasteiger partial charge in [-0.15, -0.1) is 10.2 Å². The van der Waals surface area contributed by atoms with Crippen LogP contribution < -0.4 is 11.2 Å². The second-order valence-electron chi connectivity index (χ2n) is 6.45. The highest BCUT2D eigenvalue weighted by atomic mass is 35.5. The number of rotatable bonds is 5. The molecule has 0 saturated carbocycles. The summed E-state index contributed by atoms with van der Waals surface area (Å²) in [4.78, 5) is 0. The second-order valence-corrected chi connectivity index (χ2v) is 7.40. The summed E-state index contributed by atoms with van der Waals surface area (Å²) >= 11 is 10.8. The number of thiol groups is 1. The molecule has 0 aromatic heterocycles. The van der Waals surface area contributed by atoms with Gasteiger partial charge in [0, 0.05) is 10.6 Å². The molecule has 1 aliphatic heterocycles. The molecule has 7 heteroatoms. The topological polar surface area (TPSA) is 75.1 Å². The first-order valence-corrected chi connectivity index (χ1v) is 9.86. The van der Waals surface area contributed by atoms with E-state index in [1.54, 1.807) is 0 Å². The molecule has 0 fully saturated rings. The van der Waals surface area contributed by atoms with Crippen molar-refractivity contribution >= 4 is 47.2 Å². The molecule has 0 aliphatic carbocycles. The summed E-state index contributed by atoms with van der Waals surface area (Å²) in [6.07, 6.45) is 0. The number of hydrazone groups is 1. The van der Waals surface area contributed by atoms with Crippen molar-refractivity contribution in [2.45, 2.75) is 5.25 Å². The highest BCUT2D eigenvalue weighted by Gasteiger charge is 2.22. The third kappa shape index (κ3) is 4.34. The molecular formula is C22H18ClN5S. The maximum absolute atomic E-state index is 6.01. The maximum atomic E-state index is 6.01. The van der Waals surface area contributed by atoms with Gasteiger partial charge in [-0.05, 0) is 41.5 Å². The molecule has 1 unspecified atom stereocenters. The normalized spacial score (nSPS) is 15.7. The summed E-state index contributed by atoms with van der Waals surface area (Å²) in [6, 6.07) is 25.3. The third-order valence-electron chi connectivity index (χ3n) is 4.46. The smallest absolute Gasteiger partial charge is 0.176 e. The zero-order valence-corrected chi connectivity index (χ0v) is 17.0. The van der Waals surface area contributed by atoms with Gasteiger partial charge in [-0.25, -0.2) is 0 Å². The highest BCUT2D eigenvalue weighted by Crippen LogP contribution is 2.30. The zero-order valence-electron chi connectivity index (χ0n) is 15.3. The lowest BCUT2D eigenvalue weighted by Crippen LogP contribution is -2.28. The van der Waals surface area contributed by atoms with Gasteiger partial charge in [0.25, 0.3) is 0 Å². The second kappa shape index (κ2) is 8.51. The molecule has 3 aromatic carbocycles. The fraction of sp³-hybridized carbons (Fsp3) is 0.0455. The molecule has 3 N–H and O–H groups in total. The van der Waals surface area contributed by atoms with Crippen molar-refractivity contribution < 1.29 is 0 Å². The van der Waals surface area contributed by atoms with Gasteiger partial charge in [0.1, 0.15) is 5.71 Å². The average molecular weight is 420 g/mol. The Kier molecular flexibility index (Phi) is 5.64. The van der Waals surface area contributed by atoms with Gasteiger partial charge in [0.05, 0.1) is 10.9 Å². The van der Waals surface area contributed by atoms with Crippen molar-refractivity contribution in [2.24, 2.45) is 21.0 Å². The quantitative estimate of drug-likeness (QED) is 0.406. The van der Waals surface area contributed by atoms with Crippen LogP contribution in [0.3, 0.4) is 0 Å². The molecule has 4 rings (SSSR count). The minimum atomic E-state index is -0.102. The lowest BCUT2D eigenvalue weighted by Gasteiger charge is -2.13. The number of nitrogens with one attached hydrogen (secondary N) is 1. The van der Waals surface area contributed by atoms with Crippen molar-refractivity contribution in [3.63, 3.8) is 0 Å². The predicted molar refractivity (Wildman–Crippen MR) is 124 cm³/mol. The van der Waals surface area contributed by atoms with Crippen LogP contribution in [0.25, 0.3) is 0 Å². The number of anilines is 1. The number of hydrogen-bond acceptors (Lipinski definition) is 6. The first-order chi connectivity index (χ1) is 14.1. The monoisotopic (exact) mass is 419 g/mol. The van der Waals surface area contributed by atoms with Gasteiger partial charge in [-0.1, -0.05) is 60.1 Å². The summed E-state index contributed by atoms with van der Waals surface area (Å²) in [5, 5.41) is 13.3. The van der Waals surface area contributed by atoms with Crippen molar-refractivity contribution in [3.8, 4) is 0 Å². The van der Waals surface area contributed by atoms with E-state index in [4.69, 9.17) is 30.0 Å². The van der Waals surface area contributed by atoms with Crippen molar-refractivity contribution in [1.29, 1.82) is 0 Å². The molecule has 3 aromatic rings. The number of amidine groups is 1. The number of halogens is 1. The van der Waals surface area contributed by atoms with E-state index in [0.717, 1.165) is 22.4 Å². The van der Waals surface area contributed by atoms with E-state index in [1.807, 2.05) is 78.9 Å². The molecule has 144 valence electrons. The highest BCUT2D eigenvalue weighted by molar-refractivity contribution is 7.80. The van der Waals surface area contributed by atoms with Gasteiger partial charge in [0.2, 0.25) is 0 Å². The molecule has 0 amide bonds. The molecule has 1 heterocycles. The van der Waals surface area contributed by atoms with Crippen LogP contribution in [0.2, 0.25) is 5.02 Å². The predicted octanol–water partition coefficient (Wildman–Crippen LogP) is 4.90. The largest absolute Gasteiger partial charge is 0.380 e. The summed E-state index contributed by atoms with van der Waals surface area (Å²) < 4.78 is 0. The molecule has 1 atom stereocenters. The molecule has 0 saturated heterocycles. The van der Waals surface area contributed by atoms with Crippen LogP contribution in [0.15, 0.2) is 94.2 Å². The SMILES string of the molecule is NC1=NN=C(c2cccc(C(S)c3ccc(Cl)cc3)c2)/C1=N\Nc1ccccc1. The summed E-state index contributed by atoms with van der Waals surface area (Å²) in [5.41, 5.74) is 13.9. The maximum Gasteiger partial charge on any atom is 0.176 e. The van der Waals surface area contributed by atoms with Crippen LogP contribution in [-0.2, 0) is 0 Å². The summed E-state index contributed by atoms with van der Waals surface area (Å²) in [5.74, 6) is 0.272. The van der Waals surface area contributed by atoms with Gasteiger partial charge in [-0.2, -0.15) is 17.7 Å². The minimum Gasteiger partial charge on any atom is -0.380 e. The van der Waals surface area contributed by atoms with Crippen LogP contribution in [0.1, 0.15) is 21.9 Å². The summed E-state index contributed by atoms with van der Waals surface area (Å²) in [6.45, 7) is 0. The van der Waals surface area contributed by atoms with Crippen molar-refractivity contribution in [3.05, 3.63) is 101 Å². The van der Waals surface area contributed by atoms with Gasteiger partial charge in [-0.3, -0.25) is 5.43 Å². The van der Waals surface area contributed by atoms with Crippen LogP contribution in [0.5, 0.6) is 0 Å². The molecular weight excluding hydrogens is 402 g/mol. The van der Waals surface area contributed by atoms with Crippen molar-refractivity contribution in [1.82, 2.24) is 0 Å². The van der Waals surface area contributed by atoms with Gasteiger partial charge >= 0.3 is 0 Å². The first-order valence-electron chi connectivity index (χ1n) is 8.96. The van der Waals surface area contributed by atoms with Gasteiger partial charge < -0.3 is 5.73 Å². The van der Waals surface area contributed by atoms with E-state index in [-0.39, 0.29) is 11.1 Å². The Morgan fingerprint density at radius 3 is 2.41 bits per heavy atom. The van der Waals surface area contributed by atoms with E-state index >= 15 is 0 Å². The van der Waals surface area contributed by atoms with E-state index in [0.29, 0.717) is 16.4 Å². The molecule has 0 spiro atoms. The molecule has 29 heavy (non-hydrogen) atoms. The Morgan fingerprint density at radius 2 is 1.66 bits per heavy atom. The van der Waals surface area contributed by atoms with E-state index in [2.05, 4.69) is 20.7 Å². The number of para-hydroxylation sites is 1. The molecule has 5 nitrogen and oxygen atoms in total. The Bertz CT molecular complexity index is 1110. The van der Waals surface area contributed by atoms with Crippen LogP contribution >= 0.6 is 24.2 Å². The first kappa shape index (κ1) is 19.2. The van der Waals surface area contributed by atoms with E-state index in [1.165, 1.54) is 0 Å². The standard InChI is InChI=1S/C22H18ClN5S/c23-17-11-9-14(10-12-17)21(29)16-6-4-5-15(13-16)19-20(22(24)28-26-19)27-25-18-7-2-1-3-8-18/h1-13,21,25,29H,(H2,24,27,28). The van der Waals surface area contributed by atoms with Crippen LogP contribution in [-0.4, -0.2) is 17.3 Å². The van der Waals surface area contributed by atoms with Crippen molar-refractivity contribution in [2.75, 3.05) is 5.43 Å². The minimum absolute atomic E-state index is 0.102. The molecule has 1 aliphatic rings. The lowest BCUT2D eigenvalue weighted by molar-refractivity contribution is 1.16. The van der Waals surface area contributed by atoms with Crippen LogP contribution in [0.4, 0.5) is 5.69 Å². The Balaban J connectivity index is 1.61. The van der Waals surface area contributed by atoms with Crippen LogP contribution in [0, 0.1) is 0 Å². The third-order valence-corrected chi connectivity index (χ3v) is 5.31. The lowest BCUT2D eigenvalue weighted by atomic mass is 9.99.